The molecule has 2 amide bonds. The second-order valence-electron chi connectivity index (χ2n) is 4.32. The molecule has 0 radical (unpaired) electrons. The Hall–Kier alpha value is -2.28. The molecule has 0 aliphatic heterocycles. The van der Waals surface area contributed by atoms with Crippen molar-refractivity contribution in [2.75, 3.05) is 13.1 Å². The summed E-state index contributed by atoms with van der Waals surface area (Å²) in [6.45, 7) is 2.02. The lowest BCUT2D eigenvalue weighted by atomic mass is 10.1. The van der Waals surface area contributed by atoms with Gasteiger partial charge >= 0.3 is 0 Å². The highest BCUT2D eigenvalue weighted by molar-refractivity contribution is 5.97. The third-order valence-electron chi connectivity index (χ3n) is 2.75. The molecule has 1 rings (SSSR count). The van der Waals surface area contributed by atoms with E-state index in [0.717, 1.165) is 12.5 Å². The Morgan fingerprint density at radius 1 is 1.25 bits per heavy atom. The predicted molar refractivity (Wildman–Crippen MR) is 70.5 cm³/mol. The first-order valence-electron chi connectivity index (χ1n) is 6.23. The van der Waals surface area contributed by atoms with Gasteiger partial charge in [0.15, 0.2) is 11.5 Å². The topological polar surface area (TPSA) is 110 Å². The average molecular weight is 282 g/mol. The van der Waals surface area contributed by atoms with Crippen LogP contribution >= 0.6 is 0 Å². The number of aromatic hydroxyl groups is 2. The quantitative estimate of drug-likeness (QED) is 0.351. The summed E-state index contributed by atoms with van der Waals surface area (Å²) in [6, 6.07) is 3.69. The van der Waals surface area contributed by atoms with Gasteiger partial charge in [0, 0.05) is 12.1 Å². The minimum absolute atomic E-state index is 0.155. The second kappa shape index (κ2) is 7.34. The zero-order valence-corrected chi connectivity index (χ0v) is 11.2. The van der Waals surface area contributed by atoms with Crippen molar-refractivity contribution in [2.45, 2.75) is 19.8 Å². The van der Waals surface area contributed by atoms with Crippen LogP contribution in [0.2, 0.25) is 0 Å². The van der Waals surface area contributed by atoms with Crippen LogP contribution in [0.15, 0.2) is 18.2 Å². The Morgan fingerprint density at radius 2 is 1.95 bits per heavy atom. The van der Waals surface area contributed by atoms with E-state index in [0.29, 0.717) is 13.0 Å². The molecule has 7 heteroatoms. The Morgan fingerprint density at radius 3 is 2.50 bits per heavy atom. The Bertz CT molecular complexity index is 490. The van der Waals surface area contributed by atoms with Crippen LogP contribution in [0.25, 0.3) is 0 Å². The molecule has 110 valence electrons. The number of hydroxylamine groups is 1. The summed E-state index contributed by atoms with van der Waals surface area (Å²) in [5, 5.41) is 27.1. The summed E-state index contributed by atoms with van der Waals surface area (Å²) in [5.74, 6) is -1.89. The number of unbranched alkanes of at least 4 members (excludes halogenated alkanes) is 1. The molecule has 1 aromatic rings. The minimum Gasteiger partial charge on any atom is -0.504 e. The number of nitrogens with zero attached hydrogens (tertiary/aromatic N) is 1. The number of carbonyl (C=O) groups is 2. The third kappa shape index (κ3) is 4.13. The van der Waals surface area contributed by atoms with Crippen molar-refractivity contribution < 1.29 is 25.0 Å². The molecule has 0 aromatic heterocycles. The number of carbonyl (C=O) groups excluding carboxylic acids is 2. The van der Waals surface area contributed by atoms with Gasteiger partial charge in [0.2, 0.25) is 0 Å². The molecule has 0 spiro atoms. The normalized spacial score (nSPS) is 10.1. The molecule has 0 saturated carbocycles. The van der Waals surface area contributed by atoms with Gasteiger partial charge in [-0.05, 0) is 24.6 Å². The summed E-state index contributed by atoms with van der Waals surface area (Å²) >= 11 is 0. The molecule has 20 heavy (non-hydrogen) atoms. The van der Waals surface area contributed by atoms with E-state index in [4.69, 9.17) is 5.21 Å². The molecule has 0 saturated heterocycles. The molecule has 7 nitrogen and oxygen atoms in total. The van der Waals surface area contributed by atoms with Gasteiger partial charge in [0.25, 0.3) is 11.8 Å². The molecule has 0 fully saturated rings. The van der Waals surface area contributed by atoms with E-state index in [1.165, 1.54) is 22.5 Å². The van der Waals surface area contributed by atoms with Gasteiger partial charge in [0.05, 0.1) is 0 Å². The highest BCUT2D eigenvalue weighted by Gasteiger charge is 2.19. The largest absolute Gasteiger partial charge is 0.504 e. The van der Waals surface area contributed by atoms with Gasteiger partial charge < -0.3 is 15.1 Å². The highest BCUT2D eigenvalue weighted by Crippen LogP contribution is 2.25. The van der Waals surface area contributed by atoms with Crippen molar-refractivity contribution in [1.29, 1.82) is 0 Å². The smallest absolute Gasteiger partial charge is 0.262 e. The molecular weight excluding hydrogens is 264 g/mol. The number of phenolic OH excluding ortho intramolecular Hbond substituents is 2. The Balaban J connectivity index is 2.90. The molecule has 0 unspecified atom stereocenters. The molecule has 0 aliphatic rings. The van der Waals surface area contributed by atoms with E-state index in [2.05, 4.69) is 0 Å². The first kappa shape index (κ1) is 15.8. The lowest BCUT2D eigenvalue weighted by Gasteiger charge is -2.21. The van der Waals surface area contributed by atoms with Gasteiger partial charge in [-0.1, -0.05) is 13.3 Å². The van der Waals surface area contributed by atoms with Gasteiger partial charge in [0.1, 0.15) is 6.54 Å². The third-order valence-corrected chi connectivity index (χ3v) is 2.75. The van der Waals surface area contributed by atoms with Crippen LogP contribution in [-0.4, -0.2) is 45.2 Å². The van der Waals surface area contributed by atoms with Crippen molar-refractivity contribution in [2.24, 2.45) is 0 Å². The number of rotatable bonds is 6. The fourth-order valence-corrected chi connectivity index (χ4v) is 1.65. The fourth-order valence-electron chi connectivity index (χ4n) is 1.65. The van der Waals surface area contributed by atoms with Crippen LogP contribution in [-0.2, 0) is 4.79 Å². The van der Waals surface area contributed by atoms with E-state index >= 15 is 0 Å². The summed E-state index contributed by atoms with van der Waals surface area (Å²) in [7, 11) is 0. The van der Waals surface area contributed by atoms with E-state index in [1.54, 1.807) is 0 Å². The lowest BCUT2D eigenvalue weighted by Crippen LogP contribution is -2.40. The Kier molecular flexibility index (Phi) is 5.79. The van der Waals surface area contributed by atoms with Crippen LogP contribution in [0, 0.1) is 0 Å². The SMILES string of the molecule is CCCCN(CC(=O)NO)C(=O)c1ccc(O)c(O)c1. The number of amides is 2. The zero-order valence-electron chi connectivity index (χ0n) is 11.2. The fraction of sp³-hybridized carbons (Fsp3) is 0.385. The maximum atomic E-state index is 12.2. The molecule has 0 heterocycles. The van der Waals surface area contributed by atoms with Crippen LogP contribution in [0.5, 0.6) is 11.5 Å². The summed E-state index contributed by atoms with van der Waals surface area (Å²) in [6.07, 6.45) is 1.54. The number of phenols is 2. The van der Waals surface area contributed by atoms with Crippen LogP contribution in [0.3, 0.4) is 0 Å². The monoisotopic (exact) mass is 282 g/mol. The van der Waals surface area contributed by atoms with Crippen molar-refractivity contribution in [3.05, 3.63) is 23.8 Å². The summed E-state index contributed by atoms with van der Waals surface area (Å²) in [5.41, 5.74) is 1.63. The molecule has 4 N–H and O–H groups in total. The summed E-state index contributed by atoms with van der Waals surface area (Å²) in [4.78, 5) is 24.7. The van der Waals surface area contributed by atoms with E-state index in [9.17, 15) is 19.8 Å². The predicted octanol–water partition coefficient (Wildman–Crippen LogP) is 0.845. The van der Waals surface area contributed by atoms with E-state index in [-0.39, 0.29) is 17.9 Å². The van der Waals surface area contributed by atoms with Crippen LogP contribution < -0.4 is 5.48 Å². The minimum atomic E-state index is -0.697. The van der Waals surface area contributed by atoms with Gasteiger partial charge in [-0.2, -0.15) is 0 Å². The number of hydrogen-bond acceptors (Lipinski definition) is 5. The highest BCUT2D eigenvalue weighted by atomic mass is 16.5. The first-order valence-corrected chi connectivity index (χ1v) is 6.23. The molecule has 1 aromatic carbocycles. The van der Waals surface area contributed by atoms with Crippen molar-refractivity contribution >= 4 is 11.8 Å². The Labute approximate surface area is 116 Å². The average Bonchev–Trinajstić information content (AvgIpc) is 2.45. The van der Waals surface area contributed by atoms with Crippen LogP contribution in [0.4, 0.5) is 0 Å². The maximum Gasteiger partial charge on any atom is 0.262 e. The standard InChI is InChI=1S/C13H18N2O5/c1-2-3-6-15(8-12(18)14-20)13(19)9-4-5-10(16)11(17)7-9/h4-5,7,16-17,20H,2-3,6,8H2,1H3,(H,14,18). The van der Waals surface area contributed by atoms with Crippen LogP contribution in [0.1, 0.15) is 30.1 Å². The lowest BCUT2D eigenvalue weighted by molar-refractivity contribution is -0.129. The van der Waals surface area contributed by atoms with Crippen molar-refractivity contribution in [1.82, 2.24) is 10.4 Å². The molecule has 0 atom stereocenters. The molecule has 0 bridgehead atoms. The van der Waals surface area contributed by atoms with Crippen molar-refractivity contribution in [3.8, 4) is 11.5 Å². The van der Waals surface area contributed by atoms with Gasteiger partial charge in [-0.3, -0.25) is 14.8 Å². The maximum absolute atomic E-state index is 12.2. The van der Waals surface area contributed by atoms with Gasteiger partial charge in [-0.25, -0.2) is 5.48 Å². The number of hydrogen-bond donors (Lipinski definition) is 4. The molecular formula is C13H18N2O5. The number of nitrogens with one attached hydrogen (secondary N) is 1. The molecule has 0 aliphatic carbocycles. The van der Waals surface area contributed by atoms with Crippen molar-refractivity contribution in [3.63, 3.8) is 0 Å². The second-order valence-corrected chi connectivity index (χ2v) is 4.32. The first-order chi connectivity index (χ1) is 9.49. The number of benzene rings is 1. The van der Waals surface area contributed by atoms with E-state index in [1.807, 2.05) is 6.92 Å². The zero-order chi connectivity index (χ0) is 15.1. The summed E-state index contributed by atoms with van der Waals surface area (Å²) < 4.78 is 0. The van der Waals surface area contributed by atoms with Gasteiger partial charge in [-0.15, -0.1) is 0 Å². The van der Waals surface area contributed by atoms with E-state index < -0.39 is 17.6 Å².